The molecule has 2 atom stereocenters. The van der Waals surface area contributed by atoms with Crippen molar-refractivity contribution in [3.63, 3.8) is 0 Å². The van der Waals surface area contributed by atoms with Crippen LogP contribution in [-0.4, -0.2) is 36.2 Å². The van der Waals surface area contributed by atoms with Gasteiger partial charge in [0.2, 0.25) is 0 Å². The number of nitrogens with zero attached hydrogens (tertiary/aromatic N) is 1. The molecule has 3 N–H and O–H groups in total. The predicted molar refractivity (Wildman–Crippen MR) is 88.6 cm³/mol. The number of halogens is 1. The first-order valence-electron chi connectivity index (χ1n) is 6.55. The Morgan fingerprint density at radius 1 is 1.25 bits per heavy atom. The fourth-order valence-electron chi connectivity index (χ4n) is 1.93. The zero-order valence-electron chi connectivity index (χ0n) is 12.0. The number of hydrogen-bond acceptors (Lipinski definition) is 7. The maximum absolute atomic E-state index is 12.2. The molecular weight excluding hydrogens is 380 g/mol. The van der Waals surface area contributed by atoms with Gasteiger partial charge in [0.15, 0.2) is 0 Å². The number of nitro benzene ring substituents is 1. The highest BCUT2D eigenvalue weighted by molar-refractivity contribution is 7.91. The van der Waals surface area contributed by atoms with Crippen molar-refractivity contribution in [2.45, 2.75) is 16.4 Å². The van der Waals surface area contributed by atoms with Crippen LogP contribution >= 0.6 is 22.9 Å². The molecule has 0 saturated heterocycles. The van der Waals surface area contributed by atoms with E-state index in [0.29, 0.717) is 0 Å². The molecule has 2 rings (SSSR count). The molecule has 0 aliphatic heterocycles. The Kier molecular flexibility index (Phi) is 5.91. The van der Waals surface area contributed by atoms with Gasteiger partial charge in [-0.05, 0) is 29.8 Å². The van der Waals surface area contributed by atoms with Gasteiger partial charge in [-0.3, -0.25) is 10.1 Å². The summed E-state index contributed by atoms with van der Waals surface area (Å²) in [7, 11) is -3.97. The summed E-state index contributed by atoms with van der Waals surface area (Å²) < 4.78 is 26.9. The first-order chi connectivity index (χ1) is 11.2. The van der Waals surface area contributed by atoms with E-state index in [9.17, 15) is 28.7 Å². The van der Waals surface area contributed by atoms with Gasteiger partial charge in [0.05, 0.1) is 28.0 Å². The van der Waals surface area contributed by atoms with Gasteiger partial charge in [0.25, 0.3) is 15.7 Å². The van der Waals surface area contributed by atoms with Crippen LogP contribution in [0.5, 0.6) is 0 Å². The van der Waals surface area contributed by atoms with E-state index >= 15 is 0 Å². The Bertz CT molecular complexity index is 821. The van der Waals surface area contributed by atoms with Crippen LogP contribution < -0.4 is 4.72 Å². The third kappa shape index (κ3) is 4.29. The van der Waals surface area contributed by atoms with Gasteiger partial charge in [-0.2, -0.15) is 0 Å². The Hall–Kier alpha value is -1.56. The Labute approximate surface area is 146 Å². The maximum atomic E-state index is 12.2. The molecule has 0 bridgehead atoms. The monoisotopic (exact) mass is 392 g/mol. The minimum atomic E-state index is -3.97. The lowest BCUT2D eigenvalue weighted by Crippen LogP contribution is -2.41. The summed E-state index contributed by atoms with van der Waals surface area (Å²) in [5.74, 6) is 0. The zero-order chi connectivity index (χ0) is 17.9. The fourth-order valence-corrected chi connectivity index (χ4v) is 4.66. The van der Waals surface area contributed by atoms with E-state index in [0.717, 1.165) is 11.3 Å². The molecule has 0 radical (unpaired) electrons. The summed E-state index contributed by atoms with van der Waals surface area (Å²) in [5, 5.41) is 30.3. The first kappa shape index (κ1) is 18.8. The molecule has 0 amide bonds. The van der Waals surface area contributed by atoms with Crippen LogP contribution in [0.15, 0.2) is 40.6 Å². The molecule has 0 saturated carbocycles. The van der Waals surface area contributed by atoms with Crippen molar-refractivity contribution < 1.29 is 23.6 Å². The van der Waals surface area contributed by atoms with Crippen LogP contribution in [0.3, 0.4) is 0 Å². The van der Waals surface area contributed by atoms with Gasteiger partial charge < -0.3 is 10.2 Å². The molecule has 1 unspecified atom stereocenters. The molecule has 0 spiro atoms. The van der Waals surface area contributed by atoms with Crippen LogP contribution in [0.25, 0.3) is 0 Å². The summed E-state index contributed by atoms with van der Waals surface area (Å²) in [5.41, 5.74) is 0.0619. The Balaban J connectivity index is 2.19. The van der Waals surface area contributed by atoms with Gasteiger partial charge in [0.1, 0.15) is 4.21 Å². The first-order valence-corrected chi connectivity index (χ1v) is 9.23. The second-order valence-corrected chi connectivity index (χ2v) is 8.42. The molecule has 1 heterocycles. The molecule has 0 aliphatic carbocycles. The molecule has 8 nitrogen and oxygen atoms in total. The van der Waals surface area contributed by atoms with Gasteiger partial charge >= 0.3 is 0 Å². The molecule has 0 aliphatic rings. The summed E-state index contributed by atoms with van der Waals surface area (Å²) in [6.07, 6.45) is -1.39. The number of nitro groups is 1. The van der Waals surface area contributed by atoms with Gasteiger partial charge in [0, 0.05) is 12.1 Å². The lowest BCUT2D eigenvalue weighted by atomic mass is 10.0. The van der Waals surface area contributed by atoms with E-state index in [1.807, 2.05) is 0 Å². The molecule has 130 valence electrons. The highest BCUT2D eigenvalue weighted by atomic mass is 35.5. The summed E-state index contributed by atoms with van der Waals surface area (Å²) in [6, 6.07) is 6.45. The topological polar surface area (TPSA) is 130 Å². The number of hydrogen-bond donors (Lipinski definition) is 3. The van der Waals surface area contributed by atoms with E-state index in [-0.39, 0.29) is 19.8 Å². The van der Waals surface area contributed by atoms with Crippen LogP contribution in [0.2, 0.25) is 4.34 Å². The average molecular weight is 393 g/mol. The highest BCUT2D eigenvalue weighted by Crippen LogP contribution is 2.27. The van der Waals surface area contributed by atoms with E-state index < -0.39 is 33.7 Å². The summed E-state index contributed by atoms with van der Waals surface area (Å²) in [6.45, 7) is -0.670. The second-order valence-electron chi connectivity index (χ2n) is 4.76. The molecule has 1 aromatic heterocycles. The maximum Gasteiger partial charge on any atom is 0.269 e. The normalized spacial score (nSPS) is 14.3. The second kappa shape index (κ2) is 7.55. The van der Waals surface area contributed by atoms with Crippen molar-refractivity contribution in [2.24, 2.45) is 0 Å². The molecular formula is C13H13ClN2O6S2. The van der Waals surface area contributed by atoms with E-state index in [1.165, 1.54) is 36.4 Å². The smallest absolute Gasteiger partial charge is 0.269 e. The van der Waals surface area contributed by atoms with Crippen LogP contribution in [0.1, 0.15) is 11.7 Å². The summed E-state index contributed by atoms with van der Waals surface area (Å²) in [4.78, 5) is 10.0. The molecule has 1 aromatic carbocycles. The Morgan fingerprint density at radius 2 is 1.88 bits per heavy atom. The van der Waals surface area contributed by atoms with E-state index in [4.69, 9.17) is 11.6 Å². The number of aliphatic hydroxyl groups is 2. The lowest BCUT2D eigenvalue weighted by Gasteiger charge is -2.22. The van der Waals surface area contributed by atoms with Gasteiger partial charge in [-0.1, -0.05) is 11.6 Å². The molecule has 0 fully saturated rings. The van der Waals surface area contributed by atoms with Crippen LogP contribution in [-0.2, 0) is 10.0 Å². The number of thiophene rings is 1. The highest BCUT2D eigenvalue weighted by Gasteiger charge is 2.27. The number of benzene rings is 1. The molecule has 11 heteroatoms. The lowest BCUT2D eigenvalue weighted by molar-refractivity contribution is -0.384. The molecule has 24 heavy (non-hydrogen) atoms. The average Bonchev–Trinajstić information content (AvgIpc) is 2.99. The minimum Gasteiger partial charge on any atom is -0.395 e. The molecule has 2 aromatic rings. The number of sulfonamides is 1. The zero-order valence-corrected chi connectivity index (χ0v) is 14.4. The predicted octanol–water partition coefficient (Wildman–Crippen LogP) is 1.68. The van der Waals surface area contributed by atoms with Crippen LogP contribution in [0.4, 0.5) is 5.69 Å². The van der Waals surface area contributed by atoms with Gasteiger partial charge in [-0.15, -0.1) is 11.3 Å². The van der Waals surface area contributed by atoms with Crippen molar-refractivity contribution in [3.8, 4) is 0 Å². The van der Waals surface area contributed by atoms with Crippen LogP contribution in [0, 0.1) is 10.1 Å². The quantitative estimate of drug-likeness (QED) is 0.485. The number of rotatable bonds is 7. The number of nitrogens with one attached hydrogen (secondary N) is 1. The Morgan fingerprint density at radius 3 is 2.33 bits per heavy atom. The number of aliphatic hydroxyl groups excluding tert-OH is 2. The van der Waals surface area contributed by atoms with Crippen molar-refractivity contribution in [3.05, 3.63) is 56.4 Å². The van der Waals surface area contributed by atoms with Crippen molar-refractivity contribution in [1.29, 1.82) is 0 Å². The van der Waals surface area contributed by atoms with Crippen molar-refractivity contribution in [2.75, 3.05) is 6.61 Å². The summed E-state index contributed by atoms with van der Waals surface area (Å²) >= 11 is 6.54. The largest absolute Gasteiger partial charge is 0.395 e. The minimum absolute atomic E-state index is 0.0538. The standard InChI is InChI=1S/C13H13ClN2O6S2/c14-11-5-6-12(23-11)24(21,22)15-10(7-17)13(18)8-1-3-9(4-2-8)16(19)20/h1-6,10,13,15,17-18H,7H2/t10-,13?/m1/s1. The SMILES string of the molecule is O=[N+]([O-])c1ccc(C(O)[C@@H](CO)NS(=O)(=O)c2ccc(Cl)s2)cc1. The number of non-ortho nitro benzene ring substituents is 1. The third-order valence-electron chi connectivity index (χ3n) is 3.14. The van der Waals surface area contributed by atoms with Crippen molar-refractivity contribution >= 4 is 38.6 Å². The van der Waals surface area contributed by atoms with Crippen molar-refractivity contribution in [1.82, 2.24) is 4.72 Å². The fraction of sp³-hybridized carbons (Fsp3) is 0.231. The van der Waals surface area contributed by atoms with Gasteiger partial charge in [-0.25, -0.2) is 13.1 Å². The van der Waals surface area contributed by atoms with E-state index in [1.54, 1.807) is 0 Å². The van der Waals surface area contributed by atoms with E-state index in [2.05, 4.69) is 4.72 Å². The third-order valence-corrected chi connectivity index (χ3v) is 6.36.